The van der Waals surface area contributed by atoms with Crippen LogP contribution in [0.25, 0.3) is 0 Å². The van der Waals surface area contributed by atoms with E-state index in [-0.39, 0.29) is 5.41 Å². The van der Waals surface area contributed by atoms with Crippen LogP contribution in [-0.4, -0.2) is 30.7 Å². The lowest BCUT2D eigenvalue weighted by Crippen LogP contribution is -2.48. The highest BCUT2D eigenvalue weighted by Gasteiger charge is 2.58. The monoisotopic (exact) mass is 318 g/mol. The Morgan fingerprint density at radius 2 is 1.83 bits per heavy atom. The molecule has 2 spiro atoms. The molecular formula is C19H26O4. The van der Waals surface area contributed by atoms with E-state index in [1.165, 1.54) is 5.56 Å². The van der Waals surface area contributed by atoms with E-state index in [1.54, 1.807) is 0 Å². The van der Waals surface area contributed by atoms with E-state index >= 15 is 0 Å². The zero-order valence-electron chi connectivity index (χ0n) is 14.1. The fourth-order valence-electron chi connectivity index (χ4n) is 4.85. The summed E-state index contributed by atoms with van der Waals surface area (Å²) < 4.78 is 17.5. The highest BCUT2D eigenvalue weighted by molar-refractivity contribution is 5.49. The van der Waals surface area contributed by atoms with Crippen molar-refractivity contribution < 1.29 is 19.3 Å². The summed E-state index contributed by atoms with van der Waals surface area (Å²) in [6, 6.07) is 6.06. The van der Waals surface area contributed by atoms with Crippen LogP contribution in [0.1, 0.15) is 50.7 Å². The van der Waals surface area contributed by atoms with Gasteiger partial charge in [-0.2, -0.15) is 0 Å². The number of fused-ring (bicyclic) bond motifs is 1. The van der Waals surface area contributed by atoms with Crippen molar-refractivity contribution >= 4 is 0 Å². The number of benzene rings is 1. The van der Waals surface area contributed by atoms with E-state index in [1.807, 2.05) is 26.0 Å². The lowest BCUT2D eigenvalue weighted by Gasteiger charge is -2.47. The lowest BCUT2D eigenvalue weighted by atomic mass is 9.63. The van der Waals surface area contributed by atoms with Crippen LogP contribution in [0.4, 0.5) is 0 Å². The molecule has 1 saturated carbocycles. The normalized spacial score (nSPS) is 30.7. The molecule has 3 aliphatic rings. The van der Waals surface area contributed by atoms with Gasteiger partial charge in [-0.25, -0.2) is 0 Å². The van der Waals surface area contributed by atoms with E-state index in [4.69, 9.17) is 14.2 Å². The van der Waals surface area contributed by atoms with Gasteiger partial charge in [-0.1, -0.05) is 12.1 Å². The minimum Gasteiger partial charge on any atom is -0.494 e. The van der Waals surface area contributed by atoms with Gasteiger partial charge in [0.1, 0.15) is 5.75 Å². The number of rotatable bonds is 2. The van der Waals surface area contributed by atoms with Crippen molar-refractivity contribution in [1.29, 1.82) is 0 Å². The lowest BCUT2D eigenvalue weighted by molar-refractivity contribution is -0.211. The molecule has 23 heavy (non-hydrogen) atoms. The summed E-state index contributed by atoms with van der Waals surface area (Å²) in [5.74, 6) is 0.537. The van der Waals surface area contributed by atoms with Gasteiger partial charge in [0.25, 0.3) is 0 Å². The van der Waals surface area contributed by atoms with Crippen LogP contribution >= 0.6 is 0 Å². The fraction of sp³-hybridized carbons (Fsp3) is 0.684. The average Bonchev–Trinajstić information content (AvgIpc) is 3.07. The third kappa shape index (κ3) is 2.15. The van der Waals surface area contributed by atoms with Gasteiger partial charge in [0.15, 0.2) is 5.79 Å². The third-order valence-corrected chi connectivity index (χ3v) is 6.29. The van der Waals surface area contributed by atoms with Crippen molar-refractivity contribution in [3.63, 3.8) is 0 Å². The summed E-state index contributed by atoms with van der Waals surface area (Å²) in [6.07, 6.45) is 4.43. The molecular weight excluding hydrogens is 292 g/mol. The maximum atomic E-state index is 11.4. The van der Waals surface area contributed by atoms with Crippen LogP contribution in [-0.2, 0) is 21.5 Å². The molecule has 1 aliphatic heterocycles. The summed E-state index contributed by atoms with van der Waals surface area (Å²) in [7, 11) is 0. The summed E-state index contributed by atoms with van der Waals surface area (Å²) >= 11 is 0. The van der Waals surface area contributed by atoms with E-state index in [0.717, 1.165) is 43.4 Å². The van der Waals surface area contributed by atoms with E-state index in [2.05, 4.69) is 6.07 Å². The van der Waals surface area contributed by atoms with Gasteiger partial charge in [-0.3, -0.25) is 0 Å². The van der Waals surface area contributed by atoms with E-state index in [9.17, 15) is 5.11 Å². The minimum absolute atomic E-state index is 0.136. The number of ether oxygens (including phenoxy) is 3. The SMILES string of the molecule is CCOc1cccc2c1CC1(CCC3(CC1)OCCO3)C2(C)O. The molecule has 126 valence electrons. The maximum absolute atomic E-state index is 11.4. The van der Waals surface area contributed by atoms with E-state index in [0.29, 0.717) is 19.8 Å². The fourth-order valence-corrected chi connectivity index (χ4v) is 4.85. The number of aliphatic hydroxyl groups is 1. The molecule has 4 nitrogen and oxygen atoms in total. The first kappa shape index (κ1) is 15.4. The van der Waals surface area contributed by atoms with Crippen LogP contribution in [0.5, 0.6) is 5.75 Å². The van der Waals surface area contributed by atoms with Crippen molar-refractivity contribution in [3.05, 3.63) is 29.3 Å². The molecule has 0 radical (unpaired) electrons. The van der Waals surface area contributed by atoms with Gasteiger partial charge >= 0.3 is 0 Å². The summed E-state index contributed by atoms with van der Waals surface area (Å²) in [5.41, 5.74) is 1.26. The standard InChI is InChI=1S/C19H26O4/c1-3-21-16-6-4-5-15-14(16)13-18(17(15,2)20)7-9-19(10-8-18)22-11-12-23-19/h4-6,20H,3,7-13H2,1-2H3. The molecule has 4 rings (SSSR count). The van der Waals surface area contributed by atoms with Gasteiger partial charge in [0.05, 0.1) is 25.4 Å². The molecule has 0 bridgehead atoms. The molecule has 1 unspecified atom stereocenters. The second-order valence-corrected chi connectivity index (χ2v) is 7.35. The molecule has 1 heterocycles. The van der Waals surface area contributed by atoms with Crippen molar-refractivity contribution in [1.82, 2.24) is 0 Å². The molecule has 1 aromatic rings. The van der Waals surface area contributed by atoms with E-state index < -0.39 is 11.4 Å². The molecule has 0 amide bonds. The van der Waals surface area contributed by atoms with Crippen molar-refractivity contribution in [3.8, 4) is 5.75 Å². The van der Waals surface area contributed by atoms with Crippen molar-refractivity contribution in [2.75, 3.05) is 19.8 Å². The molecule has 2 aliphatic carbocycles. The smallest absolute Gasteiger partial charge is 0.168 e. The Kier molecular flexibility index (Phi) is 3.49. The third-order valence-electron chi connectivity index (χ3n) is 6.29. The van der Waals surface area contributed by atoms with Gasteiger partial charge in [0.2, 0.25) is 0 Å². The Morgan fingerprint density at radius 3 is 2.48 bits per heavy atom. The molecule has 1 atom stereocenters. The highest BCUT2D eigenvalue weighted by atomic mass is 16.7. The second-order valence-electron chi connectivity index (χ2n) is 7.35. The quantitative estimate of drug-likeness (QED) is 0.910. The zero-order chi connectivity index (χ0) is 16.1. The molecule has 1 N–H and O–H groups in total. The summed E-state index contributed by atoms with van der Waals surface area (Å²) in [6.45, 7) is 6.01. The topological polar surface area (TPSA) is 47.9 Å². The van der Waals surface area contributed by atoms with Crippen LogP contribution in [0, 0.1) is 5.41 Å². The predicted octanol–water partition coefficient (Wildman–Crippen LogP) is 3.15. The van der Waals surface area contributed by atoms with Crippen LogP contribution in [0.3, 0.4) is 0 Å². The van der Waals surface area contributed by atoms with Crippen molar-refractivity contribution in [2.24, 2.45) is 5.41 Å². The number of hydrogen-bond donors (Lipinski definition) is 1. The highest BCUT2D eigenvalue weighted by Crippen LogP contribution is 2.60. The Balaban J connectivity index is 1.65. The van der Waals surface area contributed by atoms with Gasteiger partial charge in [-0.15, -0.1) is 0 Å². The van der Waals surface area contributed by atoms with Crippen LogP contribution in [0.15, 0.2) is 18.2 Å². The van der Waals surface area contributed by atoms with Gasteiger partial charge < -0.3 is 19.3 Å². The average molecular weight is 318 g/mol. The van der Waals surface area contributed by atoms with Crippen LogP contribution < -0.4 is 4.74 Å². The molecule has 2 fully saturated rings. The predicted molar refractivity (Wildman–Crippen MR) is 86.4 cm³/mol. The van der Waals surface area contributed by atoms with Crippen LogP contribution in [0.2, 0.25) is 0 Å². The van der Waals surface area contributed by atoms with Crippen molar-refractivity contribution in [2.45, 2.75) is 57.3 Å². The first-order valence-corrected chi connectivity index (χ1v) is 8.77. The summed E-state index contributed by atoms with van der Waals surface area (Å²) in [4.78, 5) is 0. The Hall–Kier alpha value is -1.10. The molecule has 0 aromatic heterocycles. The minimum atomic E-state index is -0.824. The Bertz CT molecular complexity index is 591. The Labute approximate surface area is 137 Å². The number of hydrogen-bond acceptors (Lipinski definition) is 4. The Morgan fingerprint density at radius 1 is 1.13 bits per heavy atom. The second kappa shape index (κ2) is 5.20. The largest absolute Gasteiger partial charge is 0.494 e. The first-order valence-electron chi connectivity index (χ1n) is 8.77. The van der Waals surface area contributed by atoms with Gasteiger partial charge in [-0.05, 0) is 44.7 Å². The zero-order valence-corrected chi connectivity index (χ0v) is 14.1. The molecule has 1 saturated heterocycles. The molecule has 4 heteroatoms. The summed E-state index contributed by atoms with van der Waals surface area (Å²) in [5, 5.41) is 11.4. The first-order chi connectivity index (χ1) is 11.0. The van der Waals surface area contributed by atoms with Gasteiger partial charge in [0, 0.05) is 23.8 Å². The maximum Gasteiger partial charge on any atom is 0.168 e. The molecule has 1 aromatic carbocycles.